The second-order valence-electron chi connectivity index (χ2n) is 5.83. The number of hydrogen-bond donors (Lipinski definition) is 3. The van der Waals surface area contributed by atoms with Crippen molar-refractivity contribution in [3.05, 3.63) is 68.8 Å². The van der Waals surface area contributed by atoms with E-state index in [-0.39, 0.29) is 10.7 Å². The average molecular weight is 447 g/mol. The van der Waals surface area contributed by atoms with Crippen molar-refractivity contribution in [1.82, 2.24) is 15.3 Å². The first kappa shape index (κ1) is 18.9. The number of rotatable bonds is 3. The number of carbonyl (C=O) groups excluding carboxylic acids is 1. The smallest absolute Gasteiger partial charge is 0.259 e. The van der Waals surface area contributed by atoms with Gasteiger partial charge in [-0.1, -0.05) is 47.5 Å². The van der Waals surface area contributed by atoms with Crippen molar-refractivity contribution in [2.24, 2.45) is 0 Å². The van der Waals surface area contributed by atoms with Crippen LogP contribution in [0.2, 0.25) is 8.67 Å². The van der Waals surface area contributed by atoms with Crippen LogP contribution >= 0.6 is 46.8 Å². The van der Waals surface area contributed by atoms with Gasteiger partial charge in [0.05, 0.1) is 20.9 Å². The lowest BCUT2D eigenvalue weighted by atomic mass is 10.2. The van der Waals surface area contributed by atoms with Crippen molar-refractivity contribution in [2.75, 3.05) is 5.32 Å². The van der Waals surface area contributed by atoms with E-state index in [1.807, 2.05) is 48.5 Å². The summed E-state index contributed by atoms with van der Waals surface area (Å²) >= 11 is 18.2. The minimum Gasteiger partial charge on any atom is -0.338 e. The van der Waals surface area contributed by atoms with Crippen molar-refractivity contribution in [1.29, 1.82) is 0 Å². The zero-order chi connectivity index (χ0) is 19.7. The third-order valence-electron chi connectivity index (χ3n) is 3.91. The topological polar surface area (TPSA) is 69.8 Å². The summed E-state index contributed by atoms with van der Waals surface area (Å²) in [6, 6.07) is 16.9. The SMILES string of the molecule is O=C(NC(=S)Nc1cccc(-c2nc3ccccc3[nH]2)c1)c1cc(Cl)sc1Cl. The molecule has 4 rings (SSSR count). The Morgan fingerprint density at radius 3 is 2.68 bits per heavy atom. The number of para-hydroxylation sites is 2. The lowest BCUT2D eigenvalue weighted by Crippen LogP contribution is -2.34. The molecule has 2 aromatic heterocycles. The molecule has 0 spiro atoms. The van der Waals surface area contributed by atoms with E-state index in [2.05, 4.69) is 20.6 Å². The zero-order valence-electron chi connectivity index (χ0n) is 14.1. The molecule has 0 atom stereocenters. The minimum atomic E-state index is -0.418. The molecule has 0 saturated carbocycles. The molecule has 0 saturated heterocycles. The number of benzene rings is 2. The van der Waals surface area contributed by atoms with Crippen LogP contribution in [-0.4, -0.2) is 21.0 Å². The van der Waals surface area contributed by atoms with Gasteiger partial charge in [-0.05, 0) is 42.5 Å². The Balaban J connectivity index is 1.49. The van der Waals surface area contributed by atoms with Crippen LogP contribution in [0.1, 0.15) is 10.4 Å². The van der Waals surface area contributed by atoms with Gasteiger partial charge in [0.25, 0.3) is 5.91 Å². The molecule has 5 nitrogen and oxygen atoms in total. The van der Waals surface area contributed by atoms with Gasteiger partial charge in [-0.15, -0.1) is 11.3 Å². The van der Waals surface area contributed by atoms with Crippen LogP contribution in [-0.2, 0) is 0 Å². The first-order chi connectivity index (χ1) is 13.5. The Labute approximate surface area is 179 Å². The number of halogens is 2. The number of carbonyl (C=O) groups is 1. The van der Waals surface area contributed by atoms with Gasteiger partial charge in [-0.2, -0.15) is 0 Å². The Kier molecular flexibility index (Phi) is 5.32. The van der Waals surface area contributed by atoms with E-state index in [9.17, 15) is 4.79 Å². The number of nitrogens with zero attached hydrogens (tertiary/aromatic N) is 1. The Morgan fingerprint density at radius 1 is 1.11 bits per heavy atom. The number of thiophene rings is 1. The summed E-state index contributed by atoms with van der Waals surface area (Å²) in [6.07, 6.45) is 0. The third kappa shape index (κ3) is 4.02. The summed E-state index contributed by atoms with van der Waals surface area (Å²) in [5, 5.41) is 5.76. The van der Waals surface area contributed by atoms with Crippen LogP contribution in [0.3, 0.4) is 0 Å². The molecule has 0 aliphatic heterocycles. The van der Waals surface area contributed by atoms with Crippen LogP contribution in [0.5, 0.6) is 0 Å². The fraction of sp³-hybridized carbons (Fsp3) is 0. The molecule has 0 unspecified atom stereocenters. The molecule has 3 N–H and O–H groups in total. The molecule has 4 aromatic rings. The minimum absolute atomic E-state index is 0.158. The first-order valence-corrected chi connectivity index (χ1v) is 10.1. The highest BCUT2D eigenvalue weighted by Crippen LogP contribution is 2.31. The number of imidazole rings is 1. The van der Waals surface area contributed by atoms with Gasteiger partial charge >= 0.3 is 0 Å². The number of nitrogens with one attached hydrogen (secondary N) is 3. The van der Waals surface area contributed by atoms with Crippen LogP contribution in [0.25, 0.3) is 22.4 Å². The molecule has 0 bridgehead atoms. The Bertz CT molecular complexity index is 1170. The van der Waals surface area contributed by atoms with Crippen LogP contribution < -0.4 is 10.6 Å². The summed E-state index contributed by atoms with van der Waals surface area (Å²) in [7, 11) is 0. The van der Waals surface area contributed by atoms with E-state index in [0.29, 0.717) is 8.67 Å². The number of hydrogen-bond acceptors (Lipinski definition) is 4. The molecule has 0 radical (unpaired) electrons. The van der Waals surface area contributed by atoms with Gasteiger partial charge in [0, 0.05) is 11.3 Å². The summed E-state index contributed by atoms with van der Waals surface area (Å²) in [4.78, 5) is 20.2. The quantitative estimate of drug-likeness (QED) is 0.351. The highest BCUT2D eigenvalue weighted by molar-refractivity contribution is 7.80. The van der Waals surface area contributed by atoms with E-state index >= 15 is 0 Å². The molecule has 2 heterocycles. The molecule has 2 aromatic carbocycles. The summed E-state index contributed by atoms with van der Waals surface area (Å²) in [5.74, 6) is 0.332. The second-order valence-corrected chi connectivity index (χ2v) is 8.52. The van der Waals surface area contributed by atoms with Gasteiger partial charge in [0.1, 0.15) is 10.2 Å². The molecular formula is C19H12Cl2N4OS2. The fourth-order valence-electron chi connectivity index (χ4n) is 2.66. The van der Waals surface area contributed by atoms with Gasteiger partial charge in [-0.3, -0.25) is 10.1 Å². The molecule has 9 heteroatoms. The third-order valence-corrected chi connectivity index (χ3v) is 5.60. The molecule has 0 aliphatic carbocycles. The number of amides is 1. The molecule has 140 valence electrons. The van der Waals surface area contributed by atoms with E-state index in [1.165, 1.54) is 6.07 Å². The molecule has 1 amide bonds. The standard InChI is InChI=1S/C19H12Cl2N4OS2/c20-15-9-12(16(21)28-15)18(26)25-19(27)22-11-5-3-4-10(8-11)17-23-13-6-1-2-7-14(13)24-17/h1-9H,(H,23,24)(H2,22,25,26,27). The molecule has 28 heavy (non-hydrogen) atoms. The van der Waals surface area contributed by atoms with Crippen LogP contribution in [0, 0.1) is 0 Å². The Hall–Kier alpha value is -2.45. The second kappa shape index (κ2) is 7.89. The van der Waals surface area contributed by atoms with E-state index < -0.39 is 5.91 Å². The maximum Gasteiger partial charge on any atom is 0.259 e. The number of aromatic amines is 1. The van der Waals surface area contributed by atoms with Crippen molar-refractivity contribution < 1.29 is 4.79 Å². The van der Waals surface area contributed by atoms with Gasteiger partial charge < -0.3 is 10.3 Å². The van der Waals surface area contributed by atoms with E-state index in [4.69, 9.17) is 35.4 Å². The largest absolute Gasteiger partial charge is 0.338 e. The average Bonchev–Trinajstić information content (AvgIpc) is 3.24. The predicted octanol–water partition coefficient (Wildman–Crippen LogP) is 5.73. The number of thiocarbonyl (C=S) groups is 1. The number of anilines is 1. The van der Waals surface area contributed by atoms with E-state index in [0.717, 1.165) is 39.4 Å². The summed E-state index contributed by atoms with van der Waals surface area (Å²) in [6.45, 7) is 0. The highest BCUT2D eigenvalue weighted by Gasteiger charge is 2.15. The van der Waals surface area contributed by atoms with Gasteiger partial charge in [0.15, 0.2) is 5.11 Å². The van der Waals surface area contributed by atoms with E-state index in [1.54, 1.807) is 0 Å². The number of fused-ring (bicyclic) bond motifs is 1. The number of aromatic nitrogens is 2. The lowest BCUT2D eigenvalue weighted by Gasteiger charge is -2.10. The molecule has 0 aliphatic rings. The van der Waals surface area contributed by atoms with Crippen molar-refractivity contribution in [2.45, 2.75) is 0 Å². The van der Waals surface area contributed by atoms with Crippen molar-refractivity contribution in [3.8, 4) is 11.4 Å². The molecule has 0 fully saturated rings. The normalized spacial score (nSPS) is 10.8. The maximum atomic E-state index is 12.3. The summed E-state index contributed by atoms with van der Waals surface area (Å²) in [5.41, 5.74) is 3.76. The Morgan fingerprint density at radius 2 is 1.93 bits per heavy atom. The van der Waals surface area contributed by atoms with Gasteiger partial charge in [-0.25, -0.2) is 4.98 Å². The zero-order valence-corrected chi connectivity index (χ0v) is 17.3. The molecular weight excluding hydrogens is 435 g/mol. The van der Waals surface area contributed by atoms with Crippen LogP contribution in [0.15, 0.2) is 54.6 Å². The monoisotopic (exact) mass is 446 g/mol. The first-order valence-electron chi connectivity index (χ1n) is 8.12. The lowest BCUT2D eigenvalue weighted by molar-refractivity contribution is 0.0978. The fourth-order valence-corrected chi connectivity index (χ4v) is 4.33. The van der Waals surface area contributed by atoms with Crippen molar-refractivity contribution >= 4 is 74.5 Å². The maximum absolute atomic E-state index is 12.3. The number of H-pyrrole nitrogens is 1. The summed E-state index contributed by atoms with van der Waals surface area (Å²) < 4.78 is 0.754. The van der Waals surface area contributed by atoms with Crippen molar-refractivity contribution in [3.63, 3.8) is 0 Å². The van der Waals surface area contributed by atoms with Crippen LogP contribution in [0.4, 0.5) is 5.69 Å². The van der Waals surface area contributed by atoms with Gasteiger partial charge in [0.2, 0.25) is 0 Å². The highest BCUT2D eigenvalue weighted by atomic mass is 35.5. The predicted molar refractivity (Wildman–Crippen MR) is 120 cm³/mol.